The van der Waals surface area contributed by atoms with Crippen molar-refractivity contribution in [2.75, 3.05) is 13.1 Å². The number of halogens is 1. The van der Waals surface area contributed by atoms with Gasteiger partial charge >= 0.3 is 0 Å². The Kier molecular flexibility index (Phi) is 6.00. The zero-order valence-electron chi connectivity index (χ0n) is 11.1. The van der Waals surface area contributed by atoms with Crippen LogP contribution in [0.2, 0.25) is 0 Å². The smallest absolute Gasteiger partial charge is 0.120 e. The highest BCUT2D eigenvalue weighted by Gasteiger charge is 2.14. The summed E-state index contributed by atoms with van der Waals surface area (Å²) in [7, 11) is 0. The first-order valence-corrected chi connectivity index (χ1v) is 6.97. The number of rotatable bonds is 6. The van der Waals surface area contributed by atoms with Gasteiger partial charge in [0.15, 0.2) is 0 Å². The Bertz CT molecular complexity index is 352. The van der Waals surface area contributed by atoms with Crippen molar-refractivity contribution >= 4 is 15.9 Å². The van der Waals surface area contributed by atoms with Gasteiger partial charge in [-0.1, -0.05) is 36.7 Å². The molecule has 3 heteroatoms. The van der Waals surface area contributed by atoms with E-state index in [0.29, 0.717) is 5.92 Å². The van der Waals surface area contributed by atoms with Gasteiger partial charge in [0.1, 0.15) is 11.9 Å². The molecule has 17 heavy (non-hydrogen) atoms. The van der Waals surface area contributed by atoms with E-state index in [9.17, 15) is 0 Å². The summed E-state index contributed by atoms with van der Waals surface area (Å²) in [5.41, 5.74) is 1.20. The molecule has 0 radical (unpaired) electrons. The van der Waals surface area contributed by atoms with Gasteiger partial charge in [0.05, 0.1) is 0 Å². The second-order valence-corrected chi connectivity index (χ2v) is 5.47. The molecule has 0 heterocycles. The van der Waals surface area contributed by atoms with Crippen molar-refractivity contribution in [3.8, 4) is 5.75 Å². The van der Waals surface area contributed by atoms with Gasteiger partial charge in [0.25, 0.3) is 0 Å². The summed E-state index contributed by atoms with van der Waals surface area (Å²) in [6.07, 6.45) is 0.218. The number of benzene rings is 1. The van der Waals surface area contributed by atoms with Gasteiger partial charge in [-0.05, 0) is 43.1 Å². The van der Waals surface area contributed by atoms with Crippen LogP contribution in [0.1, 0.15) is 26.3 Å². The summed E-state index contributed by atoms with van der Waals surface area (Å²) in [5.74, 6) is 1.44. The van der Waals surface area contributed by atoms with Crippen LogP contribution in [-0.2, 0) is 0 Å². The Morgan fingerprint density at radius 2 is 2.06 bits per heavy atom. The molecule has 0 bridgehead atoms. The SMILES string of the molecule is CCNCC(Oc1ccc(Br)c(C)c1)C(C)C. The molecule has 1 unspecified atom stereocenters. The fourth-order valence-corrected chi connectivity index (χ4v) is 1.81. The van der Waals surface area contributed by atoms with E-state index < -0.39 is 0 Å². The topological polar surface area (TPSA) is 21.3 Å². The van der Waals surface area contributed by atoms with Crippen LogP contribution < -0.4 is 10.1 Å². The molecular formula is C14H22BrNO. The lowest BCUT2D eigenvalue weighted by molar-refractivity contribution is 0.149. The number of hydrogen-bond acceptors (Lipinski definition) is 2. The standard InChI is InChI=1S/C14H22BrNO/c1-5-16-9-14(10(2)3)17-12-6-7-13(15)11(4)8-12/h6-8,10,14,16H,5,9H2,1-4H3. The molecule has 0 saturated heterocycles. The van der Waals surface area contributed by atoms with Crippen molar-refractivity contribution in [3.05, 3.63) is 28.2 Å². The molecule has 0 fully saturated rings. The van der Waals surface area contributed by atoms with Crippen LogP contribution in [-0.4, -0.2) is 19.2 Å². The first kappa shape index (κ1) is 14.5. The molecule has 0 amide bonds. The summed E-state index contributed by atoms with van der Waals surface area (Å²) >= 11 is 3.50. The van der Waals surface area contributed by atoms with Gasteiger partial charge in [-0.25, -0.2) is 0 Å². The Hall–Kier alpha value is -0.540. The molecule has 0 aliphatic rings. The zero-order chi connectivity index (χ0) is 12.8. The highest BCUT2D eigenvalue weighted by Crippen LogP contribution is 2.23. The van der Waals surface area contributed by atoms with Crippen molar-refractivity contribution in [1.29, 1.82) is 0 Å². The van der Waals surface area contributed by atoms with Gasteiger partial charge in [0, 0.05) is 11.0 Å². The average Bonchev–Trinajstić information content (AvgIpc) is 2.28. The molecule has 1 aromatic carbocycles. The first-order chi connectivity index (χ1) is 8.04. The largest absolute Gasteiger partial charge is 0.489 e. The summed E-state index contributed by atoms with van der Waals surface area (Å²) in [6, 6.07) is 6.12. The van der Waals surface area contributed by atoms with Crippen molar-refractivity contribution < 1.29 is 4.74 Å². The molecule has 0 aliphatic heterocycles. The van der Waals surface area contributed by atoms with E-state index in [4.69, 9.17) is 4.74 Å². The maximum Gasteiger partial charge on any atom is 0.120 e. The second-order valence-electron chi connectivity index (χ2n) is 4.62. The number of hydrogen-bond donors (Lipinski definition) is 1. The van der Waals surface area contributed by atoms with Crippen molar-refractivity contribution in [1.82, 2.24) is 5.32 Å². The van der Waals surface area contributed by atoms with Crippen LogP contribution in [0, 0.1) is 12.8 Å². The highest BCUT2D eigenvalue weighted by atomic mass is 79.9. The Morgan fingerprint density at radius 3 is 2.59 bits per heavy atom. The molecule has 1 rings (SSSR count). The van der Waals surface area contributed by atoms with Crippen molar-refractivity contribution in [2.24, 2.45) is 5.92 Å². The van der Waals surface area contributed by atoms with E-state index >= 15 is 0 Å². The molecule has 1 N–H and O–H groups in total. The minimum atomic E-state index is 0.218. The lowest BCUT2D eigenvalue weighted by atomic mass is 10.1. The predicted octanol–water partition coefficient (Wildman–Crippen LogP) is 3.77. The van der Waals surface area contributed by atoms with Crippen molar-refractivity contribution in [3.63, 3.8) is 0 Å². The van der Waals surface area contributed by atoms with Gasteiger partial charge in [-0.15, -0.1) is 0 Å². The fraction of sp³-hybridized carbons (Fsp3) is 0.571. The van der Waals surface area contributed by atoms with E-state index in [-0.39, 0.29) is 6.10 Å². The maximum absolute atomic E-state index is 6.03. The molecule has 0 saturated carbocycles. The van der Waals surface area contributed by atoms with Gasteiger partial charge in [0.2, 0.25) is 0 Å². The zero-order valence-corrected chi connectivity index (χ0v) is 12.7. The van der Waals surface area contributed by atoms with Crippen LogP contribution in [0.3, 0.4) is 0 Å². The summed E-state index contributed by atoms with van der Waals surface area (Å²) < 4.78 is 7.15. The van der Waals surface area contributed by atoms with Crippen LogP contribution >= 0.6 is 15.9 Å². The quantitative estimate of drug-likeness (QED) is 0.863. The molecule has 1 aromatic rings. The van der Waals surface area contributed by atoms with E-state index in [1.807, 2.05) is 12.1 Å². The van der Waals surface area contributed by atoms with Crippen LogP contribution in [0.5, 0.6) is 5.75 Å². The molecule has 2 nitrogen and oxygen atoms in total. The third kappa shape index (κ3) is 4.68. The Balaban J connectivity index is 2.68. The highest BCUT2D eigenvalue weighted by molar-refractivity contribution is 9.10. The van der Waals surface area contributed by atoms with Crippen LogP contribution in [0.15, 0.2) is 22.7 Å². The fourth-order valence-electron chi connectivity index (χ4n) is 1.57. The Morgan fingerprint density at radius 1 is 1.35 bits per heavy atom. The summed E-state index contributed by atoms with van der Waals surface area (Å²) in [5, 5.41) is 3.34. The third-order valence-corrected chi connectivity index (χ3v) is 3.65. The predicted molar refractivity (Wildman–Crippen MR) is 76.7 cm³/mol. The molecule has 1 atom stereocenters. The molecule has 0 aliphatic carbocycles. The number of aryl methyl sites for hydroxylation is 1. The molecule has 96 valence electrons. The Labute approximate surface area is 113 Å². The van der Waals surface area contributed by atoms with E-state index in [2.05, 4.69) is 55.0 Å². The number of nitrogens with one attached hydrogen (secondary N) is 1. The lowest BCUT2D eigenvalue weighted by Crippen LogP contribution is -2.35. The van der Waals surface area contributed by atoms with Gasteiger partial charge < -0.3 is 10.1 Å². The van der Waals surface area contributed by atoms with E-state index in [1.165, 1.54) is 5.56 Å². The van der Waals surface area contributed by atoms with Crippen molar-refractivity contribution in [2.45, 2.75) is 33.8 Å². The second kappa shape index (κ2) is 7.02. The molecule has 0 spiro atoms. The minimum absolute atomic E-state index is 0.218. The maximum atomic E-state index is 6.03. The van der Waals surface area contributed by atoms with E-state index in [1.54, 1.807) is 0 Å². The summed E-state index contributed by atoms with van der Waals surface area (Å²) in [4.78, 5) is 0. The molecule has 0 aromatic heterocycles. The minimum Gasteiger partial charge on any atom is -0.489 e. The van der Waals surface area contributed by atoms with Gasteiger partial charge in [-0.2, -0.15) is 0 Å². The average molecular weight is 300 g/mol. The molecular weight excluding hydrogens is 278 g/mol. The van der Waals surface area contributed by atoms with E-state index in [0.717, 1.165) is 23.3 Å². The summed E-state index contributed by atoms with van der Waals surface area (Å²) in [6.45, 7) is 10.4. The number of ether oxygens (including phenoxy) is 1. The lowest BCUT2D eigenvalue weighted by Gasteiger charge is -2.23. The van der Waals surface area contributed by atoms with Gasteiger partial charge in [-0.3, -0.25) is 0 Å². The monoisotopic (exact) mass is 299 g/mol. The number of likely N-dealkylation sites (N-methyl/N-ethyl adjacent to an activating group) is 1. The first-order valence-electron chi connectivity index (χ1n) is 6.18. The third-order valence-electron chi connectivity index (χ3n) is 2.76. The normalized spacial score (nSPS) is 12.8. The van der Waals surface area contributed by atoms with Crippen LogP contribution in [0.4, 0.5) is 0 Å². The van der Waals surface area contributed by atoms with Crippen LogP contribution in [0.25, 0.3) is 0 Å².